The normalized spacial score (nSPS) is 22.5. The average molecular weight is 237 g/mol. The van der Waals surface area contributed by atoms with Crippen molar-refractivity contribution in [1.29, 1.82) is 0 Å². The Balaban J connectivity index is 1.57. The van der Waals surface area contributed by atoms with Crippen LogP contribution >= 0.6 is 11.3 Å². The van der Waals surface area contributed by atoms with E-state index in [2.05, 4.69) is 15.5 Å². The van der Waals surface area contributed by atoms with Gasteiger partial charge in [0.2, 0.25) is 0 Å². The van der Waals surface area contributed by atoms with Crippen molar-refractivity contribution in [2.24, 2.45) is 0 Å². The summed E-state index contributed by atoms with van der Waals surface area (Å²) in [6, 6.07) is 0.766. The van der Waals surface area contributed by atoms with E-state index in [-0.39, 0.29) is 0 Å². The van der Waals surface area contributed by atoms with Gasteiger partial charge in [0.15, 0.2) is 0 Å². The molecule has 3 nitrogen and oxygen atoms in total. The van der Waals surface area contributed by atoms with Gasteiger partial charge < -0.3 is 5.32 Å². The van der Waals surface area contributed by atoms with E-state index in [1.807, 2.05) is 11.3 Å². The predicted octanol–water partition coefficient (Wildman–Crippen LogP) is 2.84. The van der Waals surface area contributed by atoms with Crippen molar-refractivity contribution >= 4 is 11.3 Å². The van der Waals surface area contributed by atoms with Crippen LogP contribution in [0.15, 0.2) is 0 Å². The molecule has 2 aliphatic carbocycles. The van der Waals surface area contributed by atoms with E-state index in [0.29, 0.717) is 5.92 Å². The standard InChI is InChI=1S/C12H19N3S/c1-2-4-9(5-3-1)12-15-14-11(16-12)8-13-10-6-7-10/h9-10,13H,1-8H2. The van der Waals surface area contributed by atoms with E-state index in [1.165, 1.54) is 55.0 Å². The molecule has 0 bridgehead atoms. The first-order valence-corrected chi connectivity index (χ1v) is 7.29. The van der Waals surface area contributed by atoms with E-state index in [4.69, 9.17) is 0 Å². The van der Waals surface area contributed by atoms with Gasteiger partial charge in [0.25, 0.3) is 0 Å². The van der Waals surface area contributed by atoms with Gasteiger partial charge in [-0.15, -0.1) is 10.2 Å². The minimum atomic E-state index is 0.709. The first-order chi connectivity index (χ1) is 7.92. The lowest BCUT2D eigenvalue weighted by Gasteiger charge is -2.18. The zero-order chi connectivity index (χ0) is 10.8. The number of hydrogen-bond donors (Lipinski definition) is 1. The predicted molar refractivity (Wildman–Crippen MR) is 65.6 cm³/mol. The molecule has 0 radical (unpaired) electrons. The second-order valence-electron chi connectivity index (χ2n) is 5.02. The summed E-state index contributed by atoms with van der Waals surface area (Å²) in [5.74, 6) is 0.709. The zero-order valence-electron chi connectivity index (χ0n) is 9.61. The van der Waals surface area contributed by atoms with Crippen molar-refractivity contribution in [3.8, 4) is 0 Å². The fourth-order valence-electron chi connectivity index (χ4n) is 2.37. The topological polar surface area (TPSA) is 37.8 Å². The largest absolute Gasteiger partial charge is 0.308 e. The number of hydrogen-bond acceptors (Lipinski definition) is 4. The molecule has 1 heterocycles. The monoisotopic (exact) mass is 237 g/mol. The SMILES string of the molecule is C1CCC(c2nnc(CNC3CC3)s2)CC1. The Kier molecular flexibility index (Phi) is 3.20. The van der Waals surface area contributed by atoms with Crippen molar-refractivity contribution in [2.45, 2.75) is 63.5 Å². The fourth-order valence-corrected chi connectivity index (χ4v) is 3.33. The lowest BCUT2D eigenvalue weighted by atomic mass is 9.90. The summed E-state index contributed by atoms with van der Waals surface area (Å²) >= 11 is 1.82. The van der Waals surface area contributed by atoms with Gasteiger partial charge in [-0.3, -0.25) is 0 Å². The van der Waals surface area contributed by atoms with E-state index < -0.39 is 0 Å². The van der Waals surface area contributed by atoms with E-state index in [0.717, 1.165) is 12.6 Å². The highest BCUT2D eigenvalue weighted by molar-refractivity contribution is 7.11. The van der Waals surface area contributed by atoms with Gasteiger partial charge in [-0.05, 0) is 25.7 Å². The van der Waals surface area contributed by atoms with E-state index >= 15 is 0 Å². The van der Waals surface area contributed by atoms with Crippen LogP contribution < -0.4 is 5.32 Å². The van der Waals surface area contributed by atoms with Crippen LogP contribution in [0.4, 0.5) is 0 Å². The summed E-state index contributed by atoms with van der Waals surface area (Å²) in [5.41, 5.74) is 0. The molecule has 0 unspecified atom stereocenters. The molecule has 2 aliphatic rings. The third-order valence-corrected chi connectivity index (χ3v) is 4.64. The lowest BCUT2D eigenvalue weighted by molar-refractivity contribution is 0.440. The molecule has 0 atom stereocenters. The lowest BCUT2D eigenvalue weighted by Crippen LogP contribution is -2.14. The molecular weight excluding hydrogens is 218 g/mol. The maximum Gasteiger partial charge on any atom is 0.131 e. The van der Waals surface area contributed by atoms with Crippen molar-refractivity contribution < 1.29 is 0 Å². The number of nitrogens with one attached hydrogen (secondary N) is 1. The molecule has 88 valence electrons. The highest BCUT2D eigenvalue weighted by Gasteiger charge is 2.22. The summed E-state index contributed by atoms with van der Waals surface area (Å²) in [6.45, 7) is 0.926. The van der Waals surface area contributed by atoms with Crippen molar-refractivity contribution in [1.82, 2.24) is 15.5 Å². The van der Waals surface area contributed by atoms with Crippen LogP contribution in [-0.4, -0.2) is 16.2 Å². The third kappa shape index (κ3) is 2.61. The maximum atomic E-state index is 4.37. The van der Waals surface area contributed by atoms with Crippen molar-refractivity contribution in [3.63, 3.8) is 0 Å². The van der Waals surface area contributed by atoms with E-state index in [1.54, 1.807) is 0 Å². The van der Waals surface area contributed by atoms with Crippen molar-refractivity contribution in [3.05, 3.63) is 10.0 Å². The Morgan fingerprint density at radius 3 is 2.62 bits per heavy atom. The smallest absolute Gasteiger partial charge is 0.131 e. The molecule has 2 saturated carbocycles. The Labute approximate surface area is 101 Å². The minimum absolute atomic E-state index is 0.709. The van der Waals surface area contributed by atoms with Crippen LogP contribution in [0.2, 0.25) is 0 Å². The molecule has 1 aromatic heterocycles. The Bertz CT molecular complexity index is 340. The summed E-state index contributed by atoms with van der Waals surface area (Å²) < 4.78 is 0. The molecule has 16 heavy (non-hydrogen) atoms. The highest BCUT2D eigenvalue weighted by atomic mass is 32.1. The summed E-state index contributed by atoms with van der Waals surface area (Å²) in [5, 5.41) is 14.6. The molecule has 1 aromatic rings. The Morgan fingerprint density at radius 1 is 1.06 bits per heavy atom. The van der Waals surface area contributed by atoms with Gasteiger partial charge >= 0.3 is 0 Å². The quantitative estimate of drug-likeness (QED) is 0.875. The van der Waals surface area contributed by atoms with Gasteiger partial charge in [0.1, 0.15) is 10.0 Å². The maximum absolute atomic E-state index is 4.37. The number of aromatic nitrogens is 2. The van der Waals surface area contributed by atoms with Gasteiger partial charge in [0, 0.05) is 18.5 Å². The molecule has 4 heteroatoms. The zero-order valence-corrected chi connectivity index (χ0v) is 10.4. The Hall–Kier alpha value is -0.480. The summed E-state index contributed by atoms with van der Waals surface area (Å²) in [6.07, 6.45) is 9.49. The highest BCUT2D eigenvalue weighted by Crippen LogP contribution is 2.34. The molecular formula is C12H19N3S. The Morgan fingerprint density at radius 2 is 1.88 bits per heavy atom. The molecule has 0 saturated heterocycles. The summed E-state index contributed by atoms with van der Waals surface area (Å²) in [7, 11) is 0. The van der Waals surface area contributed by atoms with Gasteiger partial charge in [0.05, 0.1) is 0 Å². The second-order valence-corrected chi connectivity index (χ2v) is 6.12. The van der Waals surface area contributed by atoms with Crippen LogP contribution in [-0.2, 0) is 6.54 Å². The van der Waals surface area contributed by atoms with Crippen LogP contribution in [0.3, 0.4) is 0 Å². The average Bonchev–Trinajstić information content (AvgIpc) is 3.05. The van der Waals surface area contributed by atoms with Crippen LogP contribution in [0.25, 0.3) is 0 Å². The summed E-state index contributed by atoms with van der Waals surface area (Å²) in [4.78, 5) is 0. The first kappa shape index (κ1) is 10.7. The number of nitrogens with zero attached hydrogens (tertiary/aromatic N) is 2. The molecule has 1 N–H and O–H groups in total. The molecule has 0 aromatic carbocycles. The van der Waals surface area contributed by atoms with Gasteiger partial charge in [-0.2, -0.15) is 0 Å². The molecule has 2 fully saturated rings. The second kappa shape index (κ2) is 4.80. The van der Waals surface area contributed by atoms with Crippen LogP contribution in [0, 0.1) is 0 Å². The van der Waals surface area contributed by atoms with Crippen LogP contribution in [0.1, 0.15) is 60.9 Å². The minimum Gasteiger partial charge on any atom is -0.308 e. The molecule has 0 spiro atoms. The fraction of sp³-hybridized carbons (Fsp3) is 0.833. The first-order valence-electron chi connectivity index (χ1n) is 6.47. The number of rotatable bonds is 4. The van der Waals surface area contributed by atoms with Crippen LogP contribution in [0.5, 0.6) is 0 Å². The third-order valence-electron chi connectivity index (χ3n) is 3.56. The molecule has 3 rings (SSSR count). The van der Waals surface area contributed by atoms with E-state index in [9.17, 15) is 0 Å². The van der Waals surface area contributed by atoms with Gasteiger partial charge in [-0.1, -0.05) is 30.6 Å². The van der Waals surface area contributed by atoms with Crippen molar-refractivity contribution in [2.75, 3.05) is 0 Å². The van der Waals surface area contributed by atoms with Gasteiger partial charge in [-0.25, -0.2) is 0 Å². The molecule has 0 amide bonds. The molecule has 0 aliphatic heterocycles.